The summed E-state index contributed by atoms with van der Waals surface area (Å²) in [7, 11) is -12.4. The second kappa shape index (κ2) is 73.7. The van der Waals surface area contributed by atoms with Crippen molar-refractivity contribution in [2.75, 3.05) is 126 Å². The van der Waals surface area contributed by atoms with Crippen molar-refractivity contribution >= 4 is 79.9 Å². The molecule has 0 saturated heterocycles. The number of nitrogens with zero attached hydrogens (tertiary/aromatic N) is 8. The monoisotopic (exact) mass is 1810 g/mol. The number of hydrogen-bond acceptors (Lipinski definition) is 40. The number of esters is 3. The van der Waals surface area contributed by atoms with Gasteiger partial charge in [0.25, 0.3) is 6.47 Å². The van der Waals surface area contributed by atoms with Crippen LogP contribution in [0.2, 0.25) is 5.15 Å². The quantitative estimate of drug-likeness (QED) is 0.00720. The van der Waals surface area contributed by atoms with Gasteiger partial charge in [-0.2, -0.15) is 7.11 Å². The third-order valence-corrected chi connectivity index (χ3v) is 17.5. The summed E-state index contributed by atoms with van der Waals surface area (Å²) in [5.41, 5.74) is -0.135. The number of carboxylic acids is 1. The summed E-state index contributed by atoms with van der Waals surface area (Å²) in [4.78, 5) is 85.8. The summed E-state index contributed by atoms with van der Waals surface area (Å²) in [5, 5.41) is 41.1. The average molecular weight is 1810 g/mol. The molecule has 41 nitrogen and oxygen atoms in total. The molecule has 4 N–H and O–H groups in total. The zero-order valence-corrected chi connectivity index (χ0v) is 79.4. The van der Waals surface area contributed by atoms with Gasteiger partial charge in [0.15, 0.2) is 48.2 Å². The predicted octanol–water partition coefficient (Wildman–Crippen LogP) is -5.81. The molecule has 0 aliphatic heterocycles. The average Bonchev–Trinajstić information content (AvgIpc) is 0.878. The molecule has 0 aliphatic carbocycles. The maximum Gasteiger partial charge on any atom is 1.00 e. The first-order valence-electron chi connectivity index (χ1n) is 27.7. The van der Waals surface area contributed by atoms with Crippen molar-refractivity contribution in [1.82, 2.24) is 39.9 Å². The van der Waals surface area contributed by atoms with Crippen molar-refractivity contribution in [3.63, 3.8) is 0 Å². The molecule has 51 heteroatoms. The molecule has 560 valence electrons. The van der Waals surface area contributed by atoms with E-state index in [2.05, 4.69) is 54.2 Å². The minimum Gasteiger partial charge on any atom is -1.00 e. The molecule has 0 bridgehead atoms. The number of methoxy groups -OCH3 is 2. The van der Waals surface area contributed by atoms with Crippen LogP contribution >= 0.6 is 49.6 Å². The van der Waals surface area contributed by atoms with Crippen LogP contribution in [-0.2, 0) is 92.0 Å². The summed E-state index contributed by atoms with van der Waals surface area (Å²) < 4.78 is 139. The van der Waals surface area contributed by atoms with Gasteiger partial charge in [-0.1, -0.05) is 11.6 Å². The molecule has 0 fully saturated rings. The van der Waals surface area contributed by atoms with Gasteiger partial charge in [-0.25, -0.2) is 59.0 Å². The van der Waals surface area contributed by atoms with Crippen LogP contribution in [0.1, 0.15) is 113 Å². The molecule has 0 saturated carbocycles. The number of aliphatic hydroxyl groups is 2. The molecule has 0 unspecified atom stereocenters. The molecular formula is C50H86ClCs2LiN8NaO33P5. The molecule has 4 aromatic rings. The van der Waals surface area contributed by atoms with E-state index in [1.54, 1.807) is 69.2 Å². The first-order valence-corrected chi connectivity index (χ1v) is 36.7. The topological polar surface area (TPSA) is 568 Å². The van der Waals surface area contributed by atoms with Gasteiger partial charge >= 0.3 is 248 Å². The van der Waals surface area contributed by atoms with Gasteiger partial charge in [-0.05, 0) is 69.2 Å². The molecule has 0 atom stereocenters. The predicted molar refractivity (Wildman–Crippen MR) is 335 cm³/mol. The Bertz CT molecular complexity index is 2950. The van der Waals surface area contributed by atoms with Crippen LogP contribution in [0.4, 0.5) is 0 Å². The second-order valence-corrected chi connectivity index (χ2v) is 25.6. The molecular weight excluding hydrogens is 1730 g/mol. The van der Waals surface area contributed by atoms with E-state index in [1.165, 1.54) is 39.0 Å². The van der Waals surface area contributed by atoms with Crippen LogP contribution in [-0.4, -0.2) is 217 Å². The number of carbonyl (C=O) groups excluding carboxylic acids is 4. The van der Waals surface area contributed by atoms with Gasteiger partial charge in [0, 0.05) is 7.11 Å². The van der Waals surface area contributed by atoms with Gasteiger partial charge in [-0.3, -0.25) is 27.6 Å². The Morgan fingerprint density at radius 3 is 0.901 bits per heavy atom. The molecule has 101 heavy (non-hydrogen) atoms. The minimum atomic E-state index is -3.52. The van der Waals surface area contributed by atoms with Crippen LogP contribution in [0, 0.1) is 0 Å². The minimum absolute atomic E-state index is 0. The number of carbonyl (C=O) groups is 5. The van der Waals surface area contributed by atoms with E-state index < -0.39 is 74.6 Å². The molecule has 0 aromatic carbocycles. The van der Waals surface area contributed by atoms with Gasteiger partial charge in [0.2, 0.25) is 17.6 Å². The Kier molecular flexibility index (Phi) is 86.8. The van der Waals surface area contributed by atoms with Gasteiger partial charge < -0.3 is 111 Å². The Balaban J connectivity index is -0.000000129. The number of hydrogen-bond donors (Lipinski definition) is 3. The van der Waals surface area contributed by atoms with E-state index >= 15 is 0 Å². The maximum atomic E-state index is 12.3. The van der Waals surface area contributed by atoms with Crippen molar-refractivity contribution in [3.05, 3.63) is 77.5 Å². The van der Waals surface area contributed by atoms with Gasteiger partial charge in [0.05, 0.1) is 130 Å². The van der Waals surface area contributed by atoms with Crippen LogP contribution in [0.5, 0.6) is 17.6 Å². The molecule has 0 amide bonds. The van der Waals surface area contributed by atoms with E-state index in [-0.39, 0.29) is 330 Å². The summed E-state index contributed by atoms with van der Waals surface area (Å²) in [5.74, 6) is -2.98. The third kappa shape index (κ3) is 58.3. The first kappa shape index (κ1) is 119. The number of halogens is 1. The van der Waals surface area contributed by atoms with Crippen molar-refractivity contribution in [3.8, 4) is 17.6 Å². The van der Waals surface area contributed by atoms with Crippen molar-refractivity contribution in [1.29, 1.82) is 0 Å². The van der Waals surface area contributed by atoms with E-state index in [4.69, 9.17) is 106 Å². The summed E-state index contributed by atoms with van der Waals surface area (Å²) in [6.45, 7) is 18.9. The number of aromatic nitrogens is 8. The largest absolute Gasteiger partial charge is 1.00 e. The van der Waals surface area contributed by atoms with Crippen LogP contribution in [0.15, 0.2) is 49.6 Å². The van der Waals surface area contributed by atoms with Crippen LogP contribution < -0.4 is 211 Å². The maximum absolute atomic E-state index is 12.3. The normalized spacial score (nSPS) is 10.2. The van der Waals surface area contributed by atoms with Crippen molar-refractivity contribution < 1.29 is 344 Å². The Morgan fingerprint density at radius 1 is 0.455 bits per heavy atom. The Labute approximate surface area is 743 Å². The second-order valence-electron chi connectivity index (χ2n) is 15.2. The zero-order chi connectivity index (χ0) is 74.1. The molecule has 0 spiro atoms. The standard InChI is InChI=1S/C15H26N2O9P2.C11H17N2O6P.C10H15N2O6P.C6H5ClN2O2.C5H13O4P.CH2O3.CH4O.CH3O.2Cs.Li.Na.H2O.H/c1-5-23-27(19,24-6-2)11-21-14-10-16-13(9-17-14)15(18)22-12-28(20,25-7-3)26-8-4;1-4-18-20(15,19-5-2)8-17-10-7-12-9(6-13-10)11(14)16-3;1-3-17-19(15,18-4-2)7-16-9-6-11-8(5-12-9)10(13)14;1-11-6(10)4-2-9-5(7)3-8-4;1-3-8-10(7,5-6)9-4-2;2-1-4-3;2*1-2;;;;;;/h9-10H,5-8,11-12H2,1-4H3;6-7H,4-5,8H2,1-3H3;5-6H,3-4,7H2,1-2H3,(H,13,14);2-3H,1H3;6H,3-5H2,1-2H3;1,3H;2H,1H3;1H3;;;;;1H2;/q;;;;;;;-1;4*+1;;-1/p-2. The number of rotatable bonds is 37. The first-order chi connectivity index (χ1) is 45.7. The SMILES string of the molecule is CCOP(=O)(CO)OCC.CCOP(=O)(COC(=O)c1cnc(OCP(=O)(OCC)OCC)cn1)OCC.CCOP(=O)(COc1cnc(C(=O)O)cn1)OCC.CCOP(=O)(COc1cnc(C(=O)OC)cn1)OCC.CO.COC(=O)c1cnc(Cl)cn1.C[O-].O=CO[O-].[Cs+].[Cs+].[H-].[Li+].[Na+].[OH-]. The number of ether oxygens (including phenoxy) is 6. The van der Waals surface area contributed by atoms with Gasteiger partial charge in [-0.15, -0.1) is 0 Å². The smallest absolute Gasteiger partial charge is 1.00 e. The molecule has 0 radical (unpaired) electrons. The van der Waals surface area contributed by atoms with Gasteiger partial charge in [0.1, 0.15) is 11.5 Å². The fourth-order valence-corrected chi connectivity index (χ4v) is 11.6. The Morgan fingerprint density at radius 2 is 0.693 bits per heavy atom. The fourth-order valence-electron chi connectivity index (χ4n) is 5.30. The van der Waals surface area contributed by atoms with Crippen molar-refractivity contribution in [2.45, 2.75) is 69.2 Å². The Hall–Kier alpha value is -0.389. The number of aromatic carboxylic acids is 1. The zero-order valence-electron chi connectivity index (χ0n) is 60.6. The van der Waals surface area contributed by atoms with Crippen LogP contribution in [0.25, 0.3) is 0 Å². The summed E-state index contributed by atoms with van der Waals surface area (Å²) >= 11 is 5.43. The van der Waals surface area contributed by atoms with Crippen molar-refractivity contribution in [2.24, 2.45) is 0 Å². The van der Waals surface area contributed by atoms with E-state index in [1.807, 2.05) is 0 Å². The molecule has 4 rings (SSSR count). The number of carboxylic acid groups (broad SMARTS) is 1. The van der Waals surface area contributed by atoms with Crippen LogP contribution in [0.3, 0.4) is 0 Å². The molecule has 4 aromatic heterocycles. The molecule has 4 heterocycles. The van der Waals surface area contributed by atoms with E-state index in [0.29, 0.717) is 0 Å². The third-order valence-electron chi connectivity index (χ3n) is 8.66. The fraction of sp³-hybridized carbons (Fsp3) is 0.580. The van der Waals surface area contributed by atoms with E-state index in [0.717, 1.165) is 39.0 Å². The van der Waals surface area contributed by atoms with E-state index in [9.17, 15) is 42.0 Å². The number of aliphatic hydroxyl groups excluding tert-OH is 2. The molecule has 0 aliphatic rings. The summed E-state index contributed by atoms with van der Waals surface area (Å²) in [6, 6.07) is 0. The summed E-state index contributed by atoms with van der Waals surface area (Å²) in [6.07, 6.45) is 7.39.